The Bertz CT molecular complexity index is 348. The number of aliphatic hydroxyl groups excluding tert-OH is 1. The SMILES string of the molecule is CC[C@@H](C)C(O)C[C@H]1[C@@H](C)CC[C@H]2C(C)(C)CCC[C@]12C. The summed E-state index contributed by atoms with van der Waals surface area (Å²) < 4.78 is 0. The molecule has 124 valence electrons. The zero-order valence-corrected chi connectivity index (χ0v) is 15.3. The molecule has 2 rings (SSSR count). The maximum absolute atomic E-state index is 10.6. The molecule has 0 aromatic carbocycles. The van der Waals surface area contributed by atoms with Gasteiger partial charge in [0.2, 0.25) is 0 Å². The van der Waals surface area contributed by atoms with Gasteiger partial charge in [-0.25, -0.2) is 0 Å². The molecule has 1 heteroatoms. The number of aliphatic hydroxyl groups is 1. The smallest absolute Gasteiger partial charge is 0.0568 e. The van der Waals surface area contributed by atoms with Gasteiger partial charge in [-0.3, -0.25) is 0 Å². The molecular formula is C20H38O. The van der Waals surface area contributed by atoms with Crippen molar-refractivity contribution in [1.29, 1.82) is 0 Å². The van der Waals surface area contributed by atoms with E-state index in [0.717, 1.165) is 24.7 Å². The second-order valence-electron chi connectivity index (χ2n) is 9.25. The van der Waals surface area contributed by atoms with Crippen LogP contribution in [0.4, 0.5) is 0 Å². The highest BCUT2D eigenvalue weighted by Gasteiger charge is 2.53. The van der Waals surface area contributed by atoms with Crippen molar-refractivity contribution in [3.05, 3.63) is 0 Å². The number of hydrogen-bond acceptors (Lipinski definition) is 1. The Morgan fingerprint density at radius 2 is 1.81 bits per heavy atom. The molecule has 0 aromatic heterocycles. The van der Waals surface area contributed by atoms with Crippen molar-refractivity contribution in [2.75, 3.05) is 0 Å². The van der Waals surface area contributed by atoms with Crippen LogP contribution in [0.1, 0.15) is 86.5 Å². The summed E-state index contributed by atoms with van der Waals surface area (Å²) in [5.74, 6) is 2.78. The van der Waals surface area contributed by atoms with Crippen LogP contribution in [0.2, 0.25) is 0 Å². The lowest BCUT2D eigenvalue weighted by atomic mass is 9.46. The molecule has 0 amide bonds. The van der Waals surface area contributed by atoms with E-state index in [-0.39, 0.29) is 6.10 Å². The first-order chi connectivity index (χ1) is 9.72. The quantitative estimate of drug-likeness (QED) is 0.709. The molecule has 0 aromatic rings. The molecule has 1 unspecified atom stereocenters. The Balaban J connectivity index is 2.21. The summed E-state index contributed by atoms with van der Waals surface area (Å²) in [4.78, 5) is 0. The molecule has 0 heterocycles. The lowest BCUT2D eigenvalue weighted by Gasteiger charge is -2.59. The fourth-order valence-electron chi connectivity index (χ4n) is 5.88. The van der Waals surface area contributed by atoms with E-state index in [1.165, 1.54) is 32.1 Å². The summed E-state index contributed by atoms with van der Waals surface area (Å²) >= 11 is 0. The molecule has 21 heavy (non-hydrogen) atoms. The van der Waals surface area contributed by atoms with Crippen LogP contribution >= 0.6 is 0 Å². The van der Waals surface area contributed by atoms with Gasteiger partial charge in [-0.15, -0.1) is 0 Å². The Morgan fingerprint density at radius 3 is 2.43 bits per heavy atom. The summed E-state index contributed by atoms with van der Waals surface area (Å²) in [6.45, 7) is 14.4. The lowest BCUT2D eigenvalue weighted by Crippen LogP contribution is -2.52. The third-order valence-electron chi connectivity index (χ3n) is 7.52. The Labute approximate surface area is 132 Å². The van der Waals surface area contributed by atoms with Gasteiger partial charge in [-0.1, -0.05) is 60.8 Å². The first-order valence-electron chi connectivity index (χ1n) is 9.40. The van der Waals surface area contributed by atoms with Gasteiger partial charge >= 0.3 is 0 Å². The molecule has 2 fully saturated rings. The standard InChI is InChI=1S/C20H38O/c1-7-14(2)17(21)13-16-15(3)9-10-18-19(4,5)11-8-12-20(16,18)6/h14-18,21H,7-13H2,1-6H3/t14-,15+,16+,17?,18+,20-/m1/s1. The van der Waals surface area contributed by atoms with Crippen LogP contribution in [0.25, 0.3) is 0 Å². The highest BCUT2D eigenvalue weighted by molar-refractivity contribution is 5.03. The van der Waals surface area contributed by atoms with Crippen molar-refractivity contribution >= 4 is 0 Å². The van der Waals surface area contributed by atoms with E-state index in [2.05, 4.69) is 41.5 Å². The number of rotatable bonds is 4. The van der Waals surface area contributed by atoms with Crippen LogP contribution in [0.3, 0.4) is 0 Å². The predicted molar refractivity (Wildman–Crippen MR) is 91.2 cm³/mol. The van der Waals surface area contributed by atoms with Crippen LogP contribution in [0, 0.1) is 34.5 Å². The molecule has 2 aliphatic rings. The molecule has 1 N–H and O–H groups in total. The van der Waals surface area contributed by atoms with E-state index < -0.39 is 0 Å². The molecule has 0 radical (unpaired) electrons. The van der Waals surface area contributed by atoms with E-state index in [0.29, 0.717) is 22.7 Å². The zero-order chi connectivity index (χ0) is 15.8. The fourth-order valence-corrected chi connectivity index (χ4v) is 5.88. The second kappa shape index (κ2) is 6.22. The van der Waals surface area contributed by atoms with E-state index in [9.17, 15) is 5.11 Å². The average molecular weight is 295 g/mol. The summed E-state index contributed by atoms with van der Waals surface area (Å²) in [5.41, 5.74) is 0.945. The first kappa shape index (κ1) is 17.3. The molecule has 2 saturated carbocycles. The highest BCUT2D eigenvalue weighted by Crippen LogP contribution is 2.62. The van der Waals surface area contributed by atoms with Crippen LogP contribution in [-0.2, 0) is 0 Å². The minimum atomic E-state index is -0.108. The maximum atomic E-state index is 10.6. The van der Waals surface area contributed by atoms with Crippen molar-refractivity contribution in [3.63, 3.8) is 0 Å². The van der Waals surface area contributed by atoms with E-state index in [1.807, 2.05) is 0 Å². The fraction of sp³-hybridized carbons (Fsp3) is 1.00. The first-order valence-corrected chi connectivity index (χ1v) is 9.40. The molecule has 0 bridgehead atoms. The van der Waals surface area contributed by atoms with Gasteiger partial charge in [0.1, 0.15) is 0 Å². The van der Waals surface area contributed by atoms with Gasteiger partial charge in [-0.2, -0.15) is 0 Å². The molecule has 2 aliphatic carbocycles. The van der Waals surface area contributed by atoms with E-state index in [1.54, 1.807) is 0 Å². The zero-order valence-electron chi connectivity index (χ0n) is 15.3. The molecule has 0 aliphatic heterocycles. The van der Waals surface area contributed by atoms with Crippen molar-refractivity contribution < 1.29 is 5.11 Å². The molecule has 1 nitrogen and oxygen atoms in total. The van der Waals surface area contributed by atoms with Crippen molar-refractivity contribution in [2.45, 2.75) is 92.6 Å². The summed E-state index contributed by atoms with van der Waals surface area (Å²) in [6, 6.07) is 0. The summed E-state index contributed by atoms with van der Waals surface area (Å²) in [6.07, 6.45) is 8.92. The van der Waals surface area contributed by atoms with Crippen LogP contribution in [-0.4, -0.2) is 11.2 Å². The van der Waals surface area contributed by atoms with Gasteiger partial charge in [0.15, 0.2) is 0 Å². The van der Waals surface area contributed by atoms with E-state index >= 15 is 0 Å². The van der Waals surface area contributed by atoms with Crippen molar-refractivity contribution in [1.82, 2.24) is 0 Å². The highest BCUT2D eigenvalue weighted by atomic mass is 16.3. The van der Waals surface area contributed by atoms with Crippen molar-refractivity contribution in [2.24, 2.45) is 34.5 Å². The third kappa shape index (κ3) is 3.19. The topological polar surface area (TPSA) is 20.2 Å². The number of fused-ring (bicyclic) bond motifs is 1. The van der Waals surface area contributed by atoms with Gasteiger partial charge in [0, 0.05) is 0 Å². The second-order valence-corrected chi connectivity index (χ2v) is 9.25. The van der Waals surface area contributed by atoms with E-state index in [4.69, 9.17) is 0 Å². The molecular weight excluding hydrogens is 256 g/mol. The molecule has 6 atom stereocenters. The van der Waals surface area contributed by atoms with Crippen LogP contribution in [0.15, 0.2) is 0 Å². The monoisotopic (exact) mass is 294 g/mol. The summed E-state index contributed by atoms with van der Waals surface area (Å²) in [5, 5.41) is 10.6. The predicted octanol–water partition coefficient (Wildman–Crippen LogP) is 5.66. The van der Waals surface area contributed by atoms with Gasteiger partial charge < -0.3 is 5.11 Å². The molecule has 0 spiro atoms. The maximum Gasteiger partial charge on any atom is 0.0568 e. The number of hydrogen-bond donors (Lipinski definition) is 1. The summed E-state index contributed by atoms with van der Waals surface area (Å²) in [7, 11) is 0. The normalized spacial score (nSPS) is 42.1. The minimum absolute atomic E-state index is 0.108. The van der Waals surface area contributed by atoms with Crippen LogP contribution < -0.4 is 0 Å². The van der Waals surface area contributed by atoms with Crippen molar-refractivity contribution in [3.8, 4) is 0 Å². The van der Waals surface area contributed by atoms with Crippen LogP contribution in [0.5, 0.6) is 0 Å². The Morgan fingerprint density at radius 1 is 1.14 bits per heavy atom. The largest absolute Gasteiger partial charge is 0.393 e. The van der Waals surface area contributed by atoms with Gasteiger partial charge in [0.25, 0.3) is 0 Å². The Kier molecular flexibility index (Phi) is 5.13. The van der Waals surface area contributed by atoms with Gasteiger partial charge in [-0.05, 0) is 60.2 Å². The average Bonchev–Trinajstić information content (AvgIpc) is 2.40. The lowest BCUT2D eigenvalue weighted by molar-refractivity contribution is -0.109. The molecule has 0 saturated heterocycles. The third-order valence-corrected chi connectivity index (χ3v) is 7.52. The minimum Gasteiger partial charge on any atom is -0.393 e. The van der Waals surface area contributed by atoms with Gasteiger partial charge in [0.05, 0.1) is 6.10 Å². The Hall–Kier alpha value is -0.0400.